The van der Waals surface area contributed by atoms with Crippen LogP contribution in [0.4, 0.5) is 0 Å². The molecule has 1 aliphatic heterocycles. The zero-order valence-corrected chi connectivity index (χ0v) is 8.85. The van der Waals surface area contributed by atoms with Crippen molar-refractivity contribution >= 4 is 5.70 Å². The largest absolute Gasteiger partial charge is 0.489 e. The molecular formula is C12H15NO. The van der Waals surface area contributed by atoms with Gasteiger partial charge in [-0.05, 0) is 43.2 Å². The Kier molecular flexibility index (Phi) is 2.20. The normalized spacial score (nSPS) is 14.1. The molecule has 0 spiro atoms. The third-order valence-corrected chi connectivity index (χ3v) is 2.68. The van der Waals surface area contributed by atoms with Crippen LogP contribution in [0.1, 0.15) is 16.7 Å². The Hall–Kier alpha value is -1.44. The van der Waals surface area contributed by atoms with Crippen LogP contribution in [0.2, 0.25) is 0 Å². The second-order valence-corrected chi connectivity index (χ2v) is 3.61. The van der Waals surface area contributed by atoms with Crippen molar-refractivity contribution in [3.05, 3.63) is 34.9 Å². The van der Waals surface area contributed by atoms with E-state index < -0.39 is 0 Å². The molecule has 0 unspecified atom stereocenters. The summed E-state index contributed by atoms with van der Waals surface area (Å²) in [4.78, 5) is 0. The Morgan fingerprint density at radius 3 is 2.64 bits per heavy atom. The van der Waals surface area contributed by atoms with Crippen molar-refractivity contribution in [2.45, 2.75) is 13.8 Å². The van der Waals surface area contributed by atoms with Crippen LogP contribution in [0, 0.1) is 13.8 Å². The molecule has 0 radical (unpaired) electrons. The highest BCUT2D eigenvalue weighted by atomic mass is 16.5. The molecule has 0 amide bonds. The average Bonchev–Trinajstić information content (AvgIpc) is 2.19. The predicted octanol–water partition coefficient (Wildman–Crippen LogP) is 2.26. The number of fused-ring (bicyclic) bond motifs is 1. The fraction of sp³-hybridized carbons (Fsp3) is 0.333. The van der Waals surface area contributed by atoms with Crippen LogP contribution in [-0.2, 0) is 0 Å². The van der Waals surface area contributed by atoms with E-state index in [0.717, 1.165) is 11.4 Å². The number of aryl methyl sites for hydroxylation is 2. The predicted molar refractivity (Wildman–Crippen MR) is 58.4 cm³/mol. The molecule has 2 nitrogen and oxygen atoms in total. The van der Waals surface area contributed by atoms with Crippen molar-refractivity contribution in [1.82, 2.24) is 5.32 Å². The van der Waals surface area contributed by atoms with Gasteiger partial charge in [0.1, 0.15) is 12.4 Å². The number of ether oxygens (including phenoxy) is 1. The highest BCUT2D eigenvalue weighted by molar-refractivity contribution is 5.71. The maximum atomic E-state index is 5.57. The van der Waals surface area contributed by atoms with Crippen LogP contribution < -0.4 is 10.1 Å². The van der Waals surface area contributed by atoms with Crippen LogP contribution in [0.15, 0.2) is 18.2 Å². The molecule has 0 atom stereocenters. The first-order chi connectivity index (χ1) is 6.72. The zero-order chi connectivity index (χ0) is 10.1. The molecule has 1 aromatic rings. The van der Waals surface area contributed by atoms with Gasteiger partial charge in [0.15, 0.2) is 0 Å². The van der Waals surface area contributed by atoms with Crippen LogP contribution in [0.3, 0.4) is 0 Å². The Bertz CT molecular complexity index is 394. The Balaban J connectivity index is 2.56. The summed E-state index contributed by atoms with van der Waals surface area (Å²) in [5.41, 5.74) is 4.91. The lowest BCUT2D eigenvalue weighted by atomic mass is 10.0. The van der Waals surface area contributed by atoms with Crippen LogP contribution in [0.5, 0.6) is 5.75 Å². The Labute approximate surface area is 84.6 Å². The van der Waals surface area contributed by atoms with Crippen molar-refractivity contribution < 1.29 is 4.74 Å². The molecule has 0 bridgehead atoms. The standard InChI is InChI=1S/C12H15NO/c1-8-6-10-11(13-3)4-5-14-12(10)7-9(8)2/h4,6-7,13H,5H2,1-3H3. The molecule has 0 saturated carbocycles. The minimum atomic E-state index is 0.658. The number of hydrogen-bond acceptors (Lipinski definition) is 2. The van der Waals surface area contributed by atoms with Gasteiger partial charge in [-0.1, -0.05) is 0 Å². The lowest BCUT2D eigenvalue weighted by Gasteiger charge is -2.19. The van der Waals surface area contributed by atoms with Crippen LogP contribution >= 0.6 is 0 Å². The second kappa shape index (κ2) is 3.37. The monoisotopic (exact) mass is 189 g/mol. The van der Waals surface area contributed by atoms with E-state index in [1.807, 2.05) is 7.05 Å². The number of benzene rings is 1. The molecule has 2 heteroatoms. The number of rotatable bonds is 1. The van der Waals surface area contributed by atoms with Gasteiger partial charge in [-0.2, -0.15) is 0 Å². The fourth-order valence-corrected chi connectivity index (χ4v) is 1.68. The minimum absolute atomic E-state index is 0.658. The lowest BCUT2D eigenvalue weighted by Crippen LogP contribution is -2.13. The van der Waals surface area contributed by atoms with Crippen LogP contribution in [-0.4, -0.2) is 13.7 Å². The molecule has 0 aromatic heterocycles. The van der Waals surface area contributed by atoms with Gasteiger partial charge in [0.05, 0.1) is 0 Å². The first kappa shape index (κ1) is 9.13. The van der Waals surface area contributed by atoms with Gasteiger partial charge < -0.3 is 10.1 Å². The van der Waals surface area contributed by atoms with E-state index in [4.69, 9.17) is 4.74 Å². The van der Waals surface area contributed by atoms with Gasteiger partial charge in [0.2, 0.25) is 0 Å². The molecule has 0 fully saturated rings. The summed E-state index contributed by atoms with van der Waals surface area (Å²) in [7, 11) is 1.94. The average molecular weight is 189 g/mol. The van der Waals surface area contributed by atoms with E-state index >= 15 is 0 Å². The SMILES string of the molecule is CNC1=CCOc2cc(C)c(C)cc21. The second-order valence-electron chi connectivity index (χ2n) is 3.61. The molecule has 14 heavy (non-hydrogen) atoms. The van der Waals surface area contributed by atoms with E-state index in [2.05, 4.69) is 37.4 Å². The summed E-state index contributed by atoms with van der Waals surface area (Å²) in [6.07, 6.45) is 2.07. The molecule has 0 aliphatic carbocycles. The molecule has 1 heterocycles. The highest BCUT2D eigenvalue weighted by Gasteiger charge is 2.13. The quantitative estimate of drug-likeness (QED) is 0.731. The summed E-state index contributed by atoms with van der Waals surface area (Å²) < 4.78 is 5.57. The van der Waals surface area contributed by atoms with Crippen molar-refractivity contribution in [1.29, 1.82) is 0 Å². The zero-order valence-electron chi connectivity index (χ0n) is 8.85. The van der Waals surface area contributed by atoms with Gasteiger partial charge in [-0.25, -0.2) is 0 Å². The Morgan fingerprint density at radius 2 is 1.93 bits per heavy atom. The summed E-state index contributed by atoms with van der Waals surface area (Å²) in [5, 5.41) is 3.19. The lowest BCUT2D eigenvalue weighted by molar-refractivity contribution is 0.356. The maximum absolute atomic E-state index is 5.57. The fourth-order valence-electron chi connectivity index (χ4n) is 1.68. The molecular weight excluding hydrogens is 174 g/mol. The third kappa shape index (κ3) is 1.37. The summed E-state index contributed by atoms with van der Waals surface area (Å²) in [6, 6.07) is 4.28. The molecule has 1 aromatic carbocycles. The van der Waals surface area contributed by atoms with E-state index in [1.165, 1.54) is 16.7 Å². The molecule has 2 rings (SSSR count). The molecule has 1 N–H and O–H groups in total. The van der Waals surface area contributed by atoms with Crippen molar-refractivity contribution in [3.8, 4) is 5.75 Å². The minimum Gasteiger partial charge on any atom is -0.489 e. The summed E-state index contributed by atoms with van der Waals surface area (Å²) >= 11 is 0. The third-order valence-electron chi connectivity index (χ3n) is 2.68. The van der Waals surface area contributed by atoms with Gasteiger partial charge >= 0.3 is 0 Å². The van der Waals surface area contributed by atoms with E-state index in [-0.39, 0.29) is 0 Å². The molecule has 74 valence electrons. The first-order valence-corrected chi connectivity index (χ1v) is 4.84. The summed E-state index contributed by atoms with van der Waals surface area (Å²) in [5.74, 6) is 0.986. The first-order valence-electron chi connectivity index (χ1n) is 4.84. The number of nitrogens with one attached hydrogen (secondary N) is 1. The van der Waals surface area contributed by atoms with E-state index in [1.54, 1.807) is 0 Å². The maximum Gasteiger partial charge on any atom is 0.129 e. The van der Waals surface area contributed by atoms with Crippen molar-refractivity contribution in [3.63, 3.8) is 0 Å². The van der Waals surface area contributed by atoms with Crippen molar-refractivity contribution in [2.24, 2.45) is 0 Å². The summed E-state index contributed by atoms with van der Waals surface area (Å²) in [6.45, 7) is 4.89. The smallest absolute Gasteiger partial charge is 0.129 e. The van der Waals surface area contributed by atoms with Crippen molar-refractivity contribution in [2.75, 3.05) is 13.7 Å². The van der Waals surface area contributed by atoms with Gasteiger partial charge in [0, 0.05) is 18.3 Å². The molecule has 1 aliphatic rings. The number of hydrogen-bond donors (Lipinski definition) is 1. The molecule has 0 saturated heterocycles. The van der Waals surface area contributed by atoms with Gasteiger partial charge in [-0.3, -0.25) is 0 Å². The Morgan fingerprint density at radius 1 is 1.21 bits per heavy atom. The topological polar surface area (TPSA) is 21.3 Å². The van der Waals surface area contributed by atoms with Gasteiger partial charge in [0.25, 0.3) is 0 Å². The van der Waals surface area contributed by atoms with Gasteiger partial charge in [-0.15, -0.1) is 0 Å². The van der Waals surface area contributed by atoms with E-state index in [9.17, 15) is 0 Å². The van der Waals surface area contributed by atoms with E-state index in [0.29, 0.717) is 6.61 Å². The highest BCUT2D eigenvalue weighted by Crippen LogP contribution is 2.30. The van der Waals surface area contributed by atoms with Crippen LogP contribution in [0.25, 0.3) is 5.70 Å².